The molecule has 0 aliphatic heterocycles. The summed E-state index contributed by atoms with van der Waals surface area (Å²) < 4.78 is 0. The summed E-state index contributed by atoms with van der Waals surface area (Å²) in [7, 11) is 0. The Morgan fingerprint density at radius 1 is 1.50 bits per heavy atom. The largest absolute Gasteiger partial charge is 0.481 e. The maximum Gasteiger partial charge on any atom is 0.307 e. The van der Waals surface area contributed by atoms with Crippen LogP contribution in [0.5, 0.6) is 0 Å². The number of aliphatic carboxylic acids is 1. The lowest BCUT2D eigenvalue weighted by atomic mass is 10.1. The van der Waals surface area contributed by atoms with Gasteiger partial charge in [-0.15, -0.1) is 0 Å². The van der Waals surface area contributed by atoms with Gasteiger partial charge in [0.1, 0.15) is 6.29 Å². The molecule has 1 aromatic rings. The maximum absolute atomic E-state index is 10.3. The Kier molecular flexibility index (Phi) is 2.58. The molecule has 1 N–H and O–H groups in total. The molecule has 0 aliphatic rings. The van der Waals surface area contributed by atoms with Gasteiger partial charge in [0.15, 0.2) is 0 Å². The molecule has 62 valence electrons. The first-order chi connectivity index (χ1) is 5.72. The van der Waals surface area contributed by atoms with Gasteiger partial charge in [0, 0.05) is 5.56 Å². The van der Waals surface area contributed by atoms with Crippen molar-refractivity contribution in [2.75, 3.05) is 0 Å². The summed E-state index contributed by atoms with van der Waals surface area (Å²) in [6.07, 6.45) is 0.660. The molecule has 0 unspecified atom stereocenters. The highest BCUT2D eigenvalue weighted by atomic mass is 16.4. The molecule has 3 heteroatoms. The first-order valence-corrected chi connectivity index (χ1v) is 3.48. The van der Waals surface area contributed by atoms with Crippen molar-refractivity contribution in [3.8, 4) is 0 Å². The van der Waals surface area contributed by atoms with E-state index >= 15 is 0 Å². The van der Waals surface area contributed by atoms with Crippen LogP contribution in [0, 0.1) is 0 Å². The van der Waals surface area contributed by atoms with Crippen molar-refractivity contribution in [2.45, 2.75) is 6.42 Å². The molecule has 12 heavy (non-hydrogen) atoms. The van der Waals surface area contributed by atoms with Gasteiger partial charge in [-0.1, -0.05) is 18.2 Å². The predicted molar refractivity (Wildman–Crippen MR) is 43.2 cm³/mol. The lowest BCUT2D eigenvalue weighted by Gasteiger charge is -1.96. The Morgan fingerprint density at radius 3 is 2.83 bits per heavy atom. The molecule has 0 aliphatic carbocycles. The average Bonchev–Trinajstić information content (AvgIpc) is 2.03. The van der Waals surface area contributed by atoms with Gasteiger partial charge in [0.05, 0.1) is 6.42 Å². The number of aldehydes is 1. The second kappa shape index (κ2) is 3.67. The Labute approximate surface area is 69.6 Å². The Balaban J connectivity index is 2.86. The number of hydrogen-bond donors (Lipinski definition) is 1. The zero-order chi connectivity index (χ0) is 8.97. The number of carboxylic acid groups (broad SMARTS) is 1. The van der Waals surface area contributed by atoms with Crippen molar-refractivity contribution in [3.05, 3.63) is 35.4 Å². The minimum atomic E-state index is -0.891. The third-order valence-electron chi connectivity index (χ3n) is 1.44. The SMILES string of the molecule is O=Cc1cccc(CC(=O)O)c1. The van der Waals surface area contributed by atoms with E-state index in [-0.39, 0.29) is 6.42 Å². The van der Waals surface area contributed by atoms with E-state index in [1.807, 2.05) is 0 Å². The molecule has 0 aromatic heterocycles. The molecule has 3 nitrogen and oxygen atoms in total. The van der Waals surface area contributed by atoms with Crippen LogP contribution in [0.4, 0.5) is 0 Å². The smallest absolute Gasteiger partial charge is 0.307 e. The van der Waals surface area contributed by atoms with Gasteiger partial charge in [-0.2, -0.15) is 0 Å². The van der Waals surface area contributed by atoms with Crippen molar-refractivity contribution in [2.24, 2.45) is 0 Å². The molecule has 0 saturated carbocycles. The Morgan fingerprint density at radius 2 is 2.25 bits per heavy atom. The van der Waals surface area contributed by atoms with Gasteiger partial charge in [-0.25, -0.2) is 0 Å². The minimum Gasteiger partial charge on any atom is -0.481 e. The molecule has 0 saturated heterocycles. The highest BCUT2D eigenvalue weighted by Crippen LogP contribution is 2.03. The molecule has 0 atom stereocenters. The quantitative estimate of drug-likeness (QED) is 0.681. The lowest BCUT2D eigenvalue weighted by molar-refractivity contribution is -0.136. The van der Waals surface area contributed by atoms with Crippen molar-refractivity contribution >= 4 is 12.3 Å². The summed E-state index contributed by atoms with van der Waals surface area (Å²) in [6, 6.07) is 6.56. The zero-order valence-electron chi connectivity index (χ0n) is 6.36. The van der Waals surface area contributed by atoms with E-state index < -0.39 is 5.97 Å². The number of carboxylic acids is 1. The van der Waals surface area contributed by atoms with Crippen LogP contribution < -0.4 is 0 Å². The fraction of sp³-hybridized carbons (Fsp3) is 0.111. The molecule has 1 aromatic carbocycles. The third kappa shape index (κ3) is 2.20. The Hall–Kier alpha value is -1.64. The van der Waals surface area contributed by atoms with E-state index in [1.165, 1.54) is 0 Å². The molecular formula is C9H8O3. The summed E-state index contributed by atoms with van der Waals surface area (Å²) >= 11 is 0. The zero-order valence-corrected chi connectivity index (χ0v) is 6.36. The van der Waals surface area contributed by atoms with Crippen molar-refractivity contribution in [3.63, 3.8) is 0 Å². The van der Waals surface area contributed by atoms with Crippen molar-refractivity contribution in [1.29, 1.82) is 0 Å². The van der Waals surface area contributed by atoms with Gasteiger partial charge in [-0.3, -0.25) is 9.59 Å². The van der Waals surface area contributed by atoms with Gasteiger partial charge < -0.3 is 5.11 Å². The van der Waals surface area contributed by atoms with Gasteiger partial charge in [0.25, 0.3) is 0 Å². The number of carbonyl (C=O) groups excluding carboxylic acids is 1. The molecule has 0 amide bonds. The first-order valence-electron chi connectivity index (χ1n) is 3.48. The van der Waals surface area contributed by atoms with Gasteiger partial charge in [0.2, 0.25) is 0 Å². The maximum atomic E-state index is 10.3. The second-order valence-corrected chi connectivity index (χ2v) is 2.43. The first kappa shape index (κ1) is 8.46. The predicted octanol–water partition coefficient (Wildman–Crippen LogP) is 1.13. The Bertz CT molecular complexity index is 304. The van der Waals surface area contributed by atoms with Crippen LogP contribution in [-0.4, -0.2) is 17.4 Å². The summed E-state index contributed by atoms with van der Waals surface area (Å²) in [5, 5.41) is 8.44. The summed E-state index contributed by atoms with van der Waals surface area (Å²) in [6.45, 7) is 0. The lowest BCUT2D eigenvalue weighted by Crippen LogP contribution is -2.00. The van der Waals surface area contributed by atoms with Crippen LogP contribution in [0.1, 0.15) is 15.9 Å². The molecule has 0 heterocycles. The summed E-state index contributed by atoms with van der Waals surface area (Å²) in [4.78, 5) is 20.6. The van der Waals surface area contributed by atoms with E-state index in [0.717, 1.165) is 0 Å². The number of carbonyl (C=O) groups is 2. The number of hydrogen-bond acceptors (Lipinski definition) is 2. The topological polar surface area (TPSA) is 54.4 Å². The van der Waals surface area contributed by atoms with E-state index in [0.29, 0.717) is 17.4 Å². The summed E-state index contributed by atoms with van der Waals surface area (Å²) in [5.74, 6) is -0.891. The van der Waals surface area contributed by atoms with E-state index in [4.69, 9.17) is 5.11 Å². The molecule has 0 fully saturated rings. The average molecular weight is 164 g/mol. The molecular weight excluding hydrogens is 156 g/mol. The minimum absolute atomic E-state index is 0.0400. The molecule has 0 radical (unpaired) electrons. The van der Waals surface area contributed by atoms with E-state index in [2.05, 4.69) is 0 Å². The highest BCUT2D eigenvalue weighted by molar-refractivity contribution is 5.76. The van der Waals surface area contributed by atoms with Crippen molar-refractivity contribution in [1.82, 2.24) is 0 Å². The monoisotopic (exact) mass is 164 g/mol. The van der Waals surface area contributed by atoms with Crippen molar-refractivity contribution < 1.29 is 14.7 Å². The van der Waals surface area contributed by atoms with Gasteiger partial charge >= 0.3 is 5.97 Å². The van der Waals surface area contributed by atoms with Crippen LogP contribution in [0.3, 0.4) is 0 Å². The number of rotatable bonds is 3. The fourth-order valence-electron chi connectivity index (χ4n) is 0.951. The van der Waals surface area contributed by atoms with Crippen LogP contribution in [0.25, 0.3) is 0 Å². The fourth-order valence-corrected chi connectivity index (χ4v) is 0.951. The summed E-state index contributed by atoms with van der Waals surface area (Å²) in [5.41, 5.74) is 1.15. The second-order valence-electron chi connectivity index (χ2n) is 2.43. The van der Waals surface area contributed by atoms with Crippen LogP contribution in [0.2, 0.25) is 0 Å². The van der Waals surface area contributed by atoms with Crippen LogP contribution in [0.15, 0.2) is 24.3 Å². The van der Waals surface area contributed by atoms with Gasteiger partial charge in [-0.05, 0) is 11.6 Å². The molecule has 0 bridgehead atoms. The molecule has 0 spiro atoms. The van der Waals surface area contributed by atoms with E-state index in [1.54, 1.807) is 24.3 Å². The standard InChI is InChI=1S/C9H8O3/c10-6-8-3-1-2-7(4-8)5-9(11)12/h1-4,6H,5H2,(H,11,12). The van der Waals surface area contributed by atoms with Crippen LogP contribution >= 0.6 is 0 Å². The third-order valence-corrected chi connectivity index (χ3v) is 1.44. The highest BCUT2D eigenvalue weighted by Gasteiger charge is 1.99. The normalized spacial score (nSPS) is 9.33. The number of benzene rings is 1. The van der Waals surface area contributed by atoms with E-state index in [9.17, 15) is 9.59 Å². The van der Waals surface area contributed by atoms with Crippen LogP contribution in [-0.2, 0) is 11.2 Å². The molecule has 1 rings (SSSR count).